The van der Waals surface area contributed by atoms with Crippen LogP contribution in [0.1, 0.15) is 309 Å². The molecule has 0 aliphatic heterocycles. The Morgan fingerprint density at radius 3 is 0.968 bits per heavy atom. The van der Waals surface area contributed by atoms with Crippen LogP contribution in [0.4, 0.5) is 0 Å². The molecule has 0 spiro atoms. The minimum Gasteiger partial charge on any atom is -0.394 e. The number of amides is 1. The highest BCUT2D eigenvalue weighted by Crippen LogP contribution is 2.18. The molecule has 0 aromatic rings. The lowest BCUT2D eigenvalue weighted by molar-refractivity contribution is -0.132. The van der Waals surface area contributed by atoms with E-state index in [1.54, 1.807) is 0 Å². The third kappa shape index (κ3) is 44.3. The van der Waals surface area contributed by atoms with E-state index in [9.17, 15) is 25.2 Å². The van der Waals surface area contributed by atoms with Crippen molar-refractivity contribution in [1.82, 2.24) is 5.32 Å². The van der Waals surface area contributed by atoms with Crippen molar-refractivity contribution in [3.8, 4) is 0 Å². The first kappa shape index (κ1) is 61.0. The number of aliphatic hydroxyl groups is 4. The minimum atomic E-state index is -1.28. The van der Waals surface area contributed by atoms with E-state index < -0.39 is 36.9 Å². The summed E-state index contributed by atoms with van der Waals surface area (Å²) >= 11 is 0. The van der Waals surface area contributed by atoms with Crippen LogP contribution in [0, 0.1) is 0 Å². The van der Waals surface area contributed by atoms with Crippen LogP contribution < -0.4 is 5.32 Å². The van der Waals surface area contributed by atoms with Crippen molar-refractivity contribution in [1.29, 1.82) is 0 Å². The zero-order valence-electron chi connectivity index (χ0n) is 41.9. The second-order valence-electron chi connectivity index (χ2n) is 19.6. The third-order valence-electron chi connectivity index (χ3n) is 13.5. The number of allylic oxidation sites excluding steroid dienone is 2. The highest BCUT2D eigenvalue weighted by atomic mass is 16.3. The molecule has 0 rings (SSSR count). The number of unbranched alkanes of at least 4 members (excludes halogenated alkanes) is 41. The zero-order valence-corrected chi connectivity index (χ0v) is 41.9. The van der Waals surface area contributed by atoms with E-state index in [4.69, 9.17) is 0 Å². The monoisotopic (exact) mass is 878 g/mol. The van der Waals surface area contributed by atoms with Crippen molar-refractivity contribution < 1.29 is 25.2 Å². The highest BCUT2D eigenvalue weighted by molar-refractivity contribution is 5.80. The van der Waals surface area contributed by atoms with Crippen LogP contribution >= 0.6 is 0 Å². The largest absolute Gasteiger partial charge is 0.394 e. The van der Waals surface area contributed by atoms with Gasteiger partial charge in [-0.3, -0.25) is 4.79 Å². The summed E-state index contributed by atoms with van der Waals surface area (Å²) in [5.41, 5.74) is 0. The fourth-order valence-electron chi connectivity index (χ4n) is 9.06. The fraction of sp³-hybridized carbons (Fsp3) is 0.946. The molecule has 0 aliphatic rings. The summed E-state index contributed by atoms with van der Waals surface area (Å²) < 4.78 is 0. The summed E-state index contributed by atoms with van der Waals surface area (Å²) in [5, 5.41) is 43.6. The standard InChI is InChI=1S/C56H111NO5/c1-3-5-7-9-11-13-15-16-17-18-19-20-21-22-23-24-25-26-27-28-29-30-31-32-33-34-35-36-37-38-39-40-42-44-46-48-50-54(60)56(62)57-52(51-58)55(61)53(59)49-47-45-43-41-14-12-10-8-6-4-2/h41,43,52-55,58-61H,3-40,42,44-51H2,1-2H3,(H,57,62)/b43-41+. The summed E-state index contributed by atoms with van der Waals surface area (Å²) in [6.45, 7) is 4.03. The summed E-state index contributed by atoms with van der Waals surface area (Å²) in [4.78, 5) is 12.5. The van der Waals surface area contributed by atoms with Crippen molar-refractivity contribution in [3.05, 3.63) is 12.2 Å². The molecule has 6 nitrogen and oxygen atoms in total. The average molecular weight is 879 g/mol. The SMILES string of the molecule is CCCCCCC/C=C/CCCC(O)C(O)C(CO)NC(=O)C(O)CCCCCCCCCCCCCCCCCCCCCCCCCCCCCCCCCCCCCC. The maximum atomic E-state index is 12.5. The number of aliphatic hydroxyl groups excluding tert-OH is 4. The van der Waals surface area contributed by atoms with Crippen molar-refractivity contribution >= 4 is 5.91 Å². The van der Waals surface area contributed by atoms with Gasteiger partial charge in [-0.05, 0) is 38.5 Å². The van der Waals surface area contributed by atoms with E-state index in [2.05, 4.69) is 31.3 Å². The van der Waals surface area contributed by atoms with E-state index >= 15 is 0 Å². The van der Waals surface area contributed by atoms with Crippen LogP contribution in [0.3, 0.4) is 0 Å². The zero-order chi connectivity index (χ0) is 45.2. The summed E-state index contributed by atoms with van der Waals surface area (Å²) in [7, 11) is 0. The van der Waals surface area contributed by atoms with Gasteiger partial charge >= 0.3 is 0 Å². The van der Waals surface area contributed by atoms with Gasteiger partial charge in [0.15, 0.2) is 0 Å². The Morgan fingerprint density at radius 2 is 0.661 bits per heavy atom. The molecule has 0 radical (unpaired) electrons. The smallest absolute Gasteiger partial charge is 0.249 e. The second-order valence-corrected chi connectivity index (χ2v) is 19.6. The van der Waals surface area contributed by atoms with Crippen molar-refractivity contribution in [3.63, 3.8) is 0 Å². The predicted molar refractivity (Wildman–Crippen MR) is 270 cm³/mol. The van der Waals surface area contributed by atoms with Gasteiger partial charge in [-0.25, -0.2) is 0 Å². The lowest BCUT2D eigenvalue weighted by Gasteiger charge is -2.27. The van der Waals surface area contributed by atoms with Crippen molar-refractivity contribution in [2.24, 2.45) is 0 Å². The molecule has 5 N–H and O–H groups in total. The Balaban J connectivity index is 3.46. The molecule has 4 unspecified atom stereocenters. The van der Waals surface area contributed by atoms with Gasteiger partial charge in [-0.1, -0.05) is 283 Å². The molecule has 1 amide bonds. The third-order valence-corrected chi connectivity index (χ3v) is 13.5. The Kier molecular flexibility index (Phi) is 50.3. The van der Waals surface area contributed by atoms with Gasteiger partial charge in [-0.15, -0.1) is 0 Å². The number of nitrogens with one attached hydrogen (secondary N) is 1. The Bertz CT molecular complexity index is 898. The molecular formula is C56H111NO5. The number of hydrogen-bond acceptors (Lipinski definition) is 5. The Morgan fingerprint density at radius 1 is 0.387 bits per heavy atom. The highest BCUT2D eigenvalue weighted by Gasteiger charge is 2.28. The van der Waals surface area contributed by atoms with Crippen LogP contribution in [0.2, 0.25) is 0 Å². The molecular weight excluding hydrogens is 767 g/mol. The maximum Gasteiger partial charge on any atom is 0.249 e. The summed E-state index contributed by atoms with van der Waals surface area (Å²) in [6.07, 6.45) is 60.4. The molecule has 0 fully saturated rings. The first-order chi connectivity index (χ1) is 30.5. The van der Waals surface area contributed by atoms with Gasteiger partial charge in [0.2, 0.25) is 5.91 Å². The van der Waals surface area contributed by atoms with E-state index in [1.807, 2.05) is 0 Å². The van der Waals surface area contributed by atoms with Crippen LogP contribution in [0.15, 0.2) is 12.2 Å². The van der Waals surface area contributed by atoms with Crippen LogP contribution in [0.25, 0.3) is 0 Å². The number of carbonyl (C=O) groups excluding carboxylic acids is 1. The molecule has 4 atom stereocenters. The van der Waals surface area contributed by atoms with E-state index in [-0.39, 0.29) is 0 Å². The molecule has 62 heavy (non-hydrogen) atoms. The lowest BCUT2D eigenvalue weighted by atomic mass is 10.00. The fourth-order valence-corrected chi connectivity index (χ4v) is 9.06. The van der Waals surface area contributed by atoms with Crippen LogP contribution in [-0.4, -0.2) is 57.3 Å². The first-order valence-electron chi connectivity index (χ1n) is 28.1. The van der Waals surface area contributed by atoms with Crippen molar-refractivity contribution in [2.45, 2.75) is 334 Å². The molecule has 0 aromatic heterocycles. The molecule has 0 saturated heterocycles. The molecule has 0 aromatic carbocycles. The number of rotatable bonds is 52. The van der Waals surface area contributed by atoms with Gasteiger partial charge < -0.3 is 25.7 Å². The number of hydrogen-bond donors (Lipinski definition) is 5. The maximum absolute atomic E-state index is 12.5. The van der Waals surface area contributed by atoms with Gasteiger partial charge in [0.05, 0.1) is 18.8 Å². The molecule has 0 bridgehead atoms. The van der Waals surface area contributed by atoms with Crippen LogP contribution in [0.5, 0.6) is 0 Å². The minimum absolute atomic E-state index is 0.368. The van der Waals surface area contributed by atoms with Crippen LogP contribution in [-0.2, 0) is 4.79 Å². The lowest BCUT2D eigenvalue weighted by Crippen LogP contribution is -2.53. The Labute approximate surface area is 387 Å². The van der Waals surface area contributed by atoms with Gasteiger partial charge in [-0.2, -0.15) is 0 Å². The molecule has 6 heteroatoms. The van der Waals surface area contributed by atoms with Crippen molar-refractivity contribution in [2.75, 3.05) is 6.61 Å². The van der Waals surface area contributed by atoms with Gasteiger partial charge in [0, 0.05) is 0 Å². The molecule has 0 heterocycles. The first-order valence-corrected chi connectivity index (χ1v) is 28.1. The summed E-state index contributed by atoms with van der Waals surface area (Å²) in [5.74, 6) is -0.589. The topological polar surface area (TPSA) is 110 Å². The normalized spacial score (nSPS) is 13.8. The van der Waals surface area contributed by atoms with E-state index in [0.29, 0.717) is 12.8 Å². The Hall–Kier alpha value is -0.950. The quantitative estimate of drug-likeness (QED) is 0.0309. The molecule has 0 aliphatic carbocycles. The molecule has 0 saturated carbocycles. The van der Waals surface area contributed by atoms with E-state index in [0.717, 1.165) is 38.5 Å². The second kappa shape index (κ2) is 51.0. The van der Waals surface area contributed by atoms with E-state index in [1.165, 1.54) is 244 Å². The predicted octanol–water partition coefficient (Wildman–Crippen LogP) is 16.1. The molecule has 370 valence electrons. The van der Waals surface area contributed by atoms with Gasteiger partial charge in [0.1, 0.15) is 12.2 Å². The van der Waals surface area contributed by atoms with Gasteiger partial charge in [0.25, 0.3) is 0 Å². The number of carbonyl (C=O) groups is 1. The average Bonchev–Trinajstić information content (AvgIpc) is 3.28. The summed E-state index contributed by atoms with van der Waals surface area (Å²) in [6, 6.07) is -0.997.